The van der Waals surface area contributed by atoms with Crippen LogP contribution in [0.4, 0.5) is 0 Å². The lowest BCUT2D eigenvalue weighted by Crippen LogP contribution is -2.38. The van der Waals surface area contributed by atoms with E-state index in [1.165, 1.54) is 0 Å². The van der Waals surface area contributed by atoms with Crippen molar-refractivity contribution in [3.05, 3.63) is 0 Å². The summed E-state index contributed by atoms with van der Waals surface area (Å²) in [7, 11) is -4.06. The van der Waals surface area contributed by atoms with Crippen LogP contribution in [-0.2, 0) is 19.4 Å². The third-order valence-electron chi connectivity index (χ3n) is 1.76. The first-order valence-corrected chi connectivity index (χ1v) is 5.39. The van der Waals surface area contributed by atoms with E-state index in [9.17, 15) is 13.0 Å². The van der Waals surface area contributed by atoms with Crippen LogP contribution < -0.4 is 0 Å². The third-order valence-corrected chi connectivity index (χ3v) is 2.44. The van der Waals surface area contributed by atoms with Crippen LogP contribution in [0.1, 0.15) is 0 Å². The molecule has 0 saturated carbocycles. The van der Waals surface area contributed by atoms with E-state index in [0.717, 1.165) is 13.1 Å². The highest BCUT2D eigenvalue weighted by Crippen LogP contribution is 1.97. The number of hydrogen-bond acceptors (Lipinski definition) is 4. The molecule has 1 radical (unpaired) electrons. The van der Waals surface area contributed by atoms with Crippen molar-refractivity contribution < 1.29 is 17.7 Å². The summed E-state index contributed by atoms with van der Waals surface area (Å²) in [5.41, 5.74) is 0. The molecule has 0 spiro atoms. The highest BCUT2D eigenvalue weighted by atomic mass is 32.2. The van der Waals surface area contributed by atoms with E-state index < -0.39 is 10.1 Å². The largest absolute Gasteiger partial charge is 0.379 e. The molecule has 0 atom stereocenters. The maximum atomic E-state index is 10.3. The van der Waals surface area contributed by atoms with Gasteiger partial charge in [0.1, 0.15) is 0 Å². The van der Waals surface area contributed by atoms with Crippen molar-refractivity contribution in [2.45, 2.75) is 0 Å². The Bertz CT molecular complexity index is 220. The Labute approximate surface area is 72.1 Å². The van der Waals surface area contributed by atoms with Crippen LogP contribution >= 0.6 is 0 Å². The van der Waals surface area contributed by atoms with Crippen LogP contribution in [0.3, 0.4) is 0 Å². The van der Waals surface area contributed by atoms with Crippen molar-refractivity contribution in [3.8, 4) is 0 Å². The van der Waals surface area contributed by atoms with Crippen LogP contribution in [0.2, 0.25) is 0 Å². The highest BCUT2D eigenvalue weighted by molar-refractivity contribution is 7.85. The Kier molecular flexibility index (Phi) is 3.45. The van der Waals surface area contributed by atoms with Crippen LogP contribution in [-0.4, -0.2) is 51.9 Å². The summed E-state index contributed by atoms with van der Waals surface area (Å²) in [6.07, 6.45) is 0. The summed E-state index contributed by atoms with van der Waals surface area (Å²) in [6.45, 7) is 3.01. The predicted octanol–water partition coefficient (Wildman–Crippen LogP) is -0.921. The second-order valence-corrected chi connectivity index (χ2v) is 4.24. The van der Waals surface area contributed by atoms with Crippen molar-refractivity contribution in [2.75, 3.05) is 38.6 Å². The Morgan fingerprint density at radius 3 is 2.33 bits per heavy atom. The van der Waals surface area contributed by atoms with Crippen LogP contribution in [0, 0.1) is 0 Å². The first-order valence-electron chi connectivity index (χ1n) is 3.81. The average molecular weight is 194 g/mol. The summed E-state index contributed by atoms with van der Waals surface area (Å²) < 4.78 is 35.8. The van der Waals surface area contributed by atoms with Gasteiger partial charge in [-0.15, -0.1) is 0 Å². The lowest BCUT2D eigenvalue weighted by Gasteiger charge is -2.25. The van der Waals surface area contributed by atoms with Gasteiger partial charge < -0.3 is 4.74 Å². The summed E-state index contributed by atoms with van der Waals surface area (Å²) in [5.74, 6) is -0.299. The van der Waals surface area contributed by atoms with Gasteiger partial charge in [0.05, 0.1) is 19.0 Å². The van der Waals surface area contributed by atoms with Gasteiger partial charge >= 0.3 is 0 Å². The molecule has 1 aliphatic heterocycles. The van der Waals surface area contributed by atoms with Gasteiger partial charge in [-0.2, -0.15) is 8.42 Å². The molecule has 1 fully saturated rings. The summed E-state index contributed by atoms with van der Waals surface area (Å²) in [6, 6.07) is 0. The Hall–Kier alpha value is -0.170. The number of hydrogen-bond donors (Lipinski definition) is 0. The molecule has 0 aliphatic carbocycles. The van der Waals surface area contributed by atoms with Gasteiger partial charge in [0, 0.05) is 19.6 Å². The van der Waals surface area contributed by atoms with Gasteiger partial charge in [0.2, 0.25) is 0 Å². The smallest absolute Gasteiger partial charge is 0.295 e. The van der Waals surface area contributed by atoms with E-state index in [4.69, 9.17) is 4.74 Å². The van der Waals surface area contributed by atoms with Crippen LogP contribution in [0.15, 0.2) is 0 Å². The molecule has 0 unspecified atom stereocenters. The normalized spacial score (nSPS) is 21.1. The first-order chi connectivity index (χ1) is 5.58. The van der Waals surface area contributed by atoms with E-state index in [1.54, 1.807) is 0 Å². The molecule has 0 N–H and O–H groups in total. The molecule has 6 heteroatoms. The van der Waals surface area contributed by atoms with E-state index >= 15 is 0 Å². The van der Waals surface area contributed by atoms with E-state index in [0.29, 0.717) is 19.8 Å². The zero-order valence-corrected chi connectivity index (χ0v) is 7.55. The molecule has 1 heterocycles. The predicted molar refractivity (Wildman–Crippen MR) is 41.7 cm³/mol. The SMILES string of the molecule is [O]S(=O)(=O)CCN1CCOCC1. The van der Waals surface area contributed by atoms with Crippen LogP contribution in [0.25, 0.3) is 0 Å². The summed E-state index contributed by atoms with van der Waals surface area (Å²) >= 11 is 0. The molecule has 5 nitrogen and oxygen atoms in total. The minimum atomic E-state index is -4.06. The Morgan fingerprint density at radius 2 is 1.83 bits per heavy atom. The number of ether oxygens (including phenoxy) is 1. The number of nitrogens with zero attached hydrogens (tertiary/aromatic N) is 1. The van der Waals surface area contributed by atoms with E-state index in [-0.39, 0.29) is 5.75 Å². The molecule has 1 saturated heterocycles. The molecular formula is C6H12NO4S. The molecule has 12 heavy (non-hydrogen) atoms. The second-order valence-electron chi connectivity index (χ2n) is 2.72. The number of rotatable bonds is 3. The molecule has 0 aromatic heterocycles. The fourth-order valence-electron chi connectivity index (χ4n) is 1.07. The Balaban J connectivity index is 2.22. The summed E-state index contributed by atoms with van der Waals surface area (Å²) in [5, 5.41) is 0. The van der Waals surface area contributed by atoms with E-state index in [2.05, 4.69) is 0 Å². The van der Waals surface area contributed by atoms with Gasteiger partial charge in [-0.1, -0.05) is 4.55 Å². The molecule has 1 rings (SSSR count). The van der Waals surface area contributed by atoms with Gasteiger partial charge in [0.25, 0.3) is 10.1 Å². The average Bonchev–Trinajstić information content (AvgIpc) is 2.02. The quantitative estimate of drug-likeness (QED) is 0.582. The zero-order valence-electron chi connectivity index (χ0n) is 6.73. The lowest BCUT2D eigenvalue weighted by molar-refractivity contribution is 0.0406. The van der Waals surface area contributed by atoms with Crippen molar-refractivity contribution in [3.63, 3.8) is 0 Å². The molecule has 1 aliphatic rings. The Morgan fingerprint density at radius 1 is 1.25 bits per heavy atom. The third kappa shape index (κ3) is 4.01. The molecule has 71 valence electrons. The molecule has 0 bridgehead atoms. The summed E-state index contributed by atoms with van der Waals surface area (Å²) in [4.78, 5) is 1.92. The van der Waals surface area contributed by atoms with Crippen LogP contribution in [0.5, 0.6) is 0 Å². The fourth-order valence-corrected chi connectivity index (χ4v) is 1.55. The molecule has 0 aromatic carbocycles. The molecule has 0 aromatic rings. The van der Waals surface area contributed by atoms with Crippen molar-refractivity contribution >= 4 is 10.1 Å². The van der Waals surface area contributed by atoms with E-state index in [1.807, 2.05) is 4.90 Å². The second kappa shape index (κ2) is 4.18. The maximum Gasteiger partial charge on any atom is 0.295 e. The topological polar surface area (TPSA) is 66.5 Å². The molecular weight excluding hydrogens is 182 g/mol. The number of morpholine rings is 1. The van der Waals surface area contributed by atoms with Gasteiger partial charge in [-0.05, 0) is 0 Å². The standard InChI is InChI=1S/C6H12NO4S/c8-12(9,10)6-3-7-1-4-11-5-2-7/h1-6H2. The van der Waals surface area contributed by atoms with Crippen molar-refractivity contribution in [1.29, 1.82) is 0 Å². The molecule has 0 amide bonds. The monoisotopic (exact) mass is 194 g/mol. The first kappa shape index (κ1) is 9.91. The minimum absolute atomic E-state index is 0.299. The van der Waals surface area contributed by atoms with Gasteiger partial charge in [0.15, 0.2) is 0 Å². The zero-order chi connectivity index (χ0) is 9.03. The highest BCUT2D eigenvalue weighted by Gasteiger charge is 2.14. The maximum absolute atomic E-state index is 10.3. The minimum Gasteiger partial charge on any atom is -0.379 e. The fraction of sp³-hybridized carbons (Fsp3) is 1.00. The van der Waals surface area contributed by atoms with Crippen molar-refractivity contribution in [2.24, 2.45) is 0 Å². The lowest BCUT2D eigenvalue weighted by atomic mass is 10.4. The van der Waals surface area contributed by atoms with Crippen molar-refractivity contribution in [1.82, 2.24) is 4.90 Å². The van der Waals surface area contributed by atoms with Gasteiger partial charge in [-0.3, -0.25) is 4.90 Å². The van der Waals surface area contributed by atoms with Gasteiger partial charge in [-0.25, -0.2) is 0 Å².